The zero-order valence-electron chi connectivity index (χ0n) is 13.1. The summed E-state index contributed by atoms with van der Waals surface area (Å²) in [5.74, 6) is 0.689. The van der Waals surface area contributed by atoms with Gasteiger partial charge < -0.3 is 19.5 Å². The first-order valence-corrected chi connectivity index (χ1v) is 6.92. The van der Waals surface area contributed by atoms with E-state index in [-0.39, 0.29) is 18.0 Å². The molecule has 2 aromatic rings. The van der Waals surface area contributed by atoms with E-state index in [0.717, 1.165) is 0 Å². The van der Waals surface area contributed by atoms with E-state index >= 15 is 0 Å². The van der Waals surface area contributed by atoms with Crippen molar-refractivity contribution >= 4 is 17.3 Å². The van der Waals surface area contributed by atoms with E-state index in [9.17, 15) is 14.9 Å². The largest absolute Gasteiger partial charge is 0.497 e. The molecule has 0 saturated carbocycles. The molecule has 0 saturated heterocycles. The van der Waals surface area contributed by atoms with E-state index in [1.165, 1.54) is 25.3 Å². The number of carbonyl (C=O) groups is 1. The van der Waals surface area contributed by atoms with Gasteiger partial charge in [0.15, 0.2) is 18.1 Å². The van der Waals surface area contributed by atoms with E-state index < -0.39 is 10.8 Å². The number of carbonyl (C=O) groups excluding carboxylic acids is 1. The molecule has 0 aromatic heterocycles. The standard InChI is InChI=1S/C16H16N2O6/c1-22-13-6-3-11(4-7-13)17-16(19)10-24-15-9-12(18(20)21)5-8-14(15)23-2/h3-9H,10H2,1-2H3,(H,17,19). The summed E-state index contributed by atoms with van der Waals surface area (Å²) in [6.07, 6.45) is 0. The molecule has 0 aliphatic carbocycles. The Hall–Kier alpha value is -3.29. The van der Waals surface area contributed by atoms with Crippen LogP contribution in [0.3, 0.4) is 0 Å². The van der Waals surface area contributed by atoms with Gasteiger partial charge >= 0.3 is 0 Å². The van der Waals surface area contributed by atoms with Crippen molar-refractivity contribution in [2.24, 2.45) is 0 Å². The minimum Gasteiger partial charge on any atom is -0.497 e. The second kappa shape index (κ2) is 7.82. The number of anilines is 1. The fraction of sp³-hybridized carbons (Fsp3) is 0.188. The van der Waals surface area contributed by atoms with Crippen LogP contribution in [-0.2, 0) is 4.79 Å². The Morgan fingerprint density at radius 1 is 1.08 bits per heavy atom. The summed E-state index contributed by atoms with van der Waals surface area (Å²) in [6, 6.07) is 10.7. The maximum Gasteiger partial charge on any atom is 0.273 e. The molecule has 1 N–H and O–H groups in total. The van der Waals surface area contributed by atoms with Crippen molar-refractivity contribution < 1.29 is 23.9 Å². The fourth-order valence-electron chi connectivity index (χ4n) is 1.91. The molecule has 0 aliphatic rings. The zero-order valence-corrected chi connectivity index (χ0v) is 13.1. The topological polar surface area (TPSA) is 99.9 Å². The number of nitrogens with one attached hydrogen (secondary N) is 1. The number of amides is 1. The number of rotatable bonds is 7. The molecule has 0 fully saturated rings. The minimum atomic E-state index is -0.552. The molecule has 8 nitrogen and oxygen atoms in total. The van der Waals surface area contributed by atoms with Crippen LogP contribution < -0.4 is 19.5 Å². The van der Waals surface area contributed by atoms with Gasteiger partial charge in [0.2, 0.25) is 0 Å². The number of hydrogen-bond donors (Lipinski definition) is 1. The molecule has 1 amide bonds. The van der Waals surface area contributed by atoms with Crippen LogP contribution in [0.1, 0.15) is 0 Å². The van der Waals surface area contributed by atoms with Crippen molar-refractivity contribution in [3.63, 3.8) is 0 Å². The van der Waals surface area contributed by atoms with Gasteiger partial charge in [-0.3, -0.25) is 14.9 Å². The van der Waals surface area contributed by atoms with Gasteiger partial charge in [-0.15, -0.1) is 0 Å². The molecule has 2 aromatic carbocycles. The van der Waals surface area contributed by atoms with Crippen LogP contribution in [-0.4, -0.2) is 31.7 Å². The molecule has 0 unspecified atom stereocenters. The SMILES string of the molecule is COc1ccc(NC(=O)COc2cc([N+](=O)[O-])ccc2OC)cc1. The zero-order chi connectivity index (χ0) is 17.5. The lowest BCUT2D eigenvalue weighted by atomic mass is 10.3. The quantitative estimate of drug-likeness (QED) is 0.618. The first kappa shape index (κ1) is 17.1. The molecule has 0 bridgehead atoms. The van der Waals surface area contributed by atoms with Crippen LogP contribution >= 0.6 is 0 Å². The van der Waals surface area contributed by atoms with Gasteiger partial charge in [0.05, 0.1) is 25.2 Å². The lowest BCUT2D eigenvalue weighted by Crippen LogP contribution is -2.20. The number of nitro groups is 1. The van der Waals surface area contributed by atoms with Gasteiger partial charge in [0.1, 0.15) is 5.75 Å². The van der Waals surface area contributed by atoms with Crippen LogP contribution in [0.2, 0.25) is 0 Å². The number of nitrogens with zero attached hydrogens (tertiary/aromatic N) is 1. The molecule has 2 rings (SSSR count). The van der Waals surface area contributed by atoms with Gasteiger partial charge in [0, 0.05) is 11.8 Å². The number of methoxy groups -OCH3 is 2. The van der Waals surface area contributed by atoms with Gasteiger partial charge in [-0.05, 0) is 30.3 Å². The normalized spacial score (nSPS) is 9.92. The molecule has 0 atom stereocenters. The first-order valence-electron chi connectivity index (χ1n) is 6.92. The van der Waals surface area contributed by atoms with Crippen LogP contribution in [0, 0.1) is 10.1 Å². The maximum absolute atomic E-state index is 11.9. The molecular formula is C16H16N2O6. The van der Waals surface area contributed by atoms with Crippen LogP contribution in [0.25, 0.3) is 0 Å². The van der Waals surface area contributed by atoms with Crippen LogP contribution in [0.5, 0.6) is 17.2 Å². The maximum atomic E-state index is 11.9. The highest BCUT2D eigenvalue weighted by atomic mass is 16.6. The minimum absolute atomic E-state index is 0.122. The average molecular weight is 332 g/mol. The highest BCUT2D eigenvalue weighted by Crippen LogP contribution is 2.31. The average Bonchev–Trinajstić information content (AvgIpc) is 2.60. The Kier molecular flexibility index (Phi) is 5.56. The monoisotopic (exact) mass is 332 g/mol. The van der Waals surface area contributed by atoms with Gasteiger partial charge in [-0.2, -0.15) is 0 Å². The van der Waals surface area contributed by atoms with Crippen LogP contribution in [0.15, 0.2) is 42.5 Å². The van der Waals surface area contributed by atoms with E-state index in [1.54, 1.807) is 31.4 Å². The number of non-ortho nitro benzene ring substituents is 1. The summed E-state index contributed by atoms with van der Waals surface area (Å²) >= 11 is 0. The van der Waals surface area contributed by atoms with Crippen LogP contribution in [0.4, 0.5) is 11.4 Å². The summed E-state index contributed by atoms with van der Waals surface area (Å²) in [5.41, 5.74) is 0.428. The molecule has 126 valence electrons. The third kappa shape index (κ3) is 4.35. The molecule has 0 spiro atoms. The number of hydrogen-bond acceptors (Lipinski definition) is 6. The molecule has 0 heterocycles. The van der Waals surface area contributed by atoms with E-state index in [1.807, 2.05) is 0 Å². The van der Waals surface area contributed by atoms with Gasteiger partial charge in [-0.25, -0.2) is 0 Å². The molecule has 0 aliphatic heterocycles. The smallest absolute Gasteiger partial charge is 0.273 e. The first-order chi connectivity index (χ1) is 11.5. The van der Waals surface area contributed by atoms with E-state index in [2.05, 4.69) is 5.32 Å². The third-order valence-electron chi connectivity index (χ3n) is 3.09. The van der Waals surface area contributed by atoms with Crippen molar-refractivity contribution in [3.05, 3.63) is 52.6 Å². The number of ether oxygens (including phenoxy) is 3. The Balaban J connectivity index is 2.00. The van der Waals surface area contributed by atoms with E-state index in [4.69, 9.17) is 14.2 Å². The predicted molar refractivity (Wildman–Crippen MR) is 86.8 cm³/mol. The summed E-state index contributed by atoms with van der Waals surface area (Å²) in [4.78, 5) is 22.2. The summed E-state index contributed by atoms with van der Waals surface area (Å²) in [6.45, 7) is -0.316. The molecule has 8 heteroatoms. The Morgan fingerprint density at radius 2 is 1.79 bits per heavy atom. The second-order valence-electron chi connectivity index (χ2n) is 4.66. The Labute approximate surface area is 138 Å². The summed E-state index contributed by atoms with van der Waals surface area (Å²) < 4.78 is 15.4. The Bertz CT molecular complexity index is 730. The molecular weight excluding hydrogens is 316 g/mol. The Morgan fingerprint density at radius 3 is 2.38 bits per heavy atom. The molecule has 0 radical (unpaired) electrons. The predicted octanol–water partition coefficient (Wildman–Crippen LogP) is 2.63. The lowest BCUT2D eigenvalue weighted by Gasteiger charge is -2.11. The highest BCUT2D eigenvalue weighted by molar-refractivity contribution is 5.91. The summed E-state index contributed by atoms with van der Waals surface area (Å²) in [5, 5.41) is 13.4. The van der Waals surface area contributed by atoms with Crippen molar-refractivity contribution in [2.75, 3.05) is 26.1 Å². The molecule has 24 heavy (non-hydrogen) atoms. The highest BCUT2D eigenvalue weighted by Gasteiger charge is 2.14. The summed E-state index contributed by atoms with van der Waals surface area (Å²) in [7, 11) is 2.96. The van der Waals surface area contributed by atoms with E-state index in [0.29, 0.717) is 17.2 Å². The van der Waals surface area contributed by atoms with Gasteiger partial charge in [-0.1, -0.05) is 0 Å². The van der Waals surface area contributed by atoms with Crippen molar-refractivity contribution in [3.8, 4) is 17.2 Å². The fourth-order valence-corrected chi connectivity index (χ4v) is 1.91. The second-order valence-corrected chi connectivity index (χ2v) is 4.66. The lowest BCUT2D eigenvalue weighted by molar-refractivity contribution is -0.385. The van der Waals surface area contributed by atoms with Crippen molar-refractivity contribution in [2.45, 2.75) is 0 Å². The number of benzene rings is 2. The third-order valence-corrected chi connectivity index (χ3v) is 3.09. The van der Waals surface area contributed by atoms with Crippen molar-refractivity contribution in [1.82, 2.24) is 0 Å². The van der Waals surface area contributed by atoms with Crippen molar-refractivity contribution in [1.29, 1.82) is 0 Å². The van der Waals surface area contributed by atoms with Gasteiger partial charge in [0.25, 0.3) is 11.6 Å². The number of nitro benzene ring substituents is 1.